The molecule has 5 aromatic rings. The zero-order chi connectivity index (χ0) is 41.5. The fourth-order valence-corrected chi connectivity index (χ4v) is 8.81. The molecule has 0 unspecified atom stereocenters. The van der Waals surface area contributed by atoms with Crippen LogP contribution >= 0.6 is 0 Å². The Morgan fingerprint density at radius 3 is 1.95 bits per heavy atom. The number of hydrogen-bond donors (Lipinski definition) is 5. The predicted molar refractivity (Wildman–Crippen MR) is 219 cm³/mol. The molecule has 0 bridgehead atoms. The van der Waals surface area contributed by atoms with Crippen molar-refractivity contribution in [2.45, 2.75) is 84.1 Å². The Hall–Kier alpha value is -6.32. The summed E-state index contributed by atoms with van der Waals surface area (Å²) in [6, 6.07) is 12.6. The average Bonchev–Trinajstić information content (AvgIpc) is 4.07. The van der Waals surface area contributed by atoms with Gasteiger partial charge in [0.1, 0.15) is 36.1 Å². The van der Waals surface area contributed by atoms with Crippen LogP contribution in [0.5, 0.6) is 5.75 Å². The number of H-pyrrole nitrogens is 2. The first-order chi connectivity index (χ1) is 28.4. The highest BCUT2D eigenvalue weighted by atomic mass is 16.5. The maximum Gasteiger partial charge on any atom is 0.407 e. The molecule has 16 nitrogen and oxygen atoms in total. The number of nitrogens with one attached hydrogen (secondary N) is 4. The molecule has 4 atom stereocenters. The fraction of sp³-hybridized carbons (Fsp3) is 0.442. The van der Waals surface area contributed by atoms with Gasteiger partial charge >= 0.3 is 12.2 Å². The van der Waals surface area contributed by atoms with Crippen LogP contribution in [0.4, 0.5) is 9.59 Å². The van der Waals surface area contributed by atoms with Gasteiger partial charge in [-0.2, -0.15) is 0 Å². The second-order valence-electron chi connectivity index (χ2n) is 16.3. The summed E-state index contributed by atoms with van der Waals surface area (Å²) in [6.45, 7) is 9.73. The van der Waals surface area contributed by atoms with E-state index < -0.39 is 24.3 Å². The van der Waals surface area contributed by atoms with Crippen LogP contribution in [0.3, 0.4) is 0 Å². The Labute approximate surface area is 341 Å². The second kappa shape index (κ2) is 16.1. The summed E-state index contributed by atoms with van der Waals surface area (Å²) in [6.07, 6.45) is 4.88. The Balaban J connectivity index is 1.01. The molecule has 0 saturated carbocycles. The molecule has 2 saturated heterocycles. The number of imidazole rings is 2. The molecule has 3 aromatic heterocycles. The van der Waals surface area contributed by atoms with Crippen LogP contribution in [0, 0.1) is 11.8 Å². The Kier molecular flexibility index (Phi) is 10.8. The van der Waals surface area contributed by atoms with E-state index in [1.165, 1.54) is 7.11 Å². The number of carboxylic acid groups (broad SMARTS) is 1. The molecule has 0 aliphatic carbocycles. The van der Waals surface area contributed by atoms with E-state index in [4.69, 9.17) is 14.5 Å². The summed E-state index contributed by atoms with van der Waals surface area (Å²) < 4.78 is 13.4. The number of nitrogens with zero attached hydrogens (tertiary/aromatic N) is 5. The highest BCUT2D eigenvalue weighted by Crippen LogP contribution is 2.41. The van der Waals surface area contributed by atoms with Crippen LogP contribution < -0.4 is 15.4 Å². The molecular formula is C43H51N9O7. The highest BCUT2D eigenvalue weighted by Gasteiger charge is 2.39. The predicted octanol–water partition coefficient (Wildman–Crippen LogP) is 6.48. The molecule has 5 N–H and O–H groups in total. The zero-order valence-corrected chi connectivity index (χ0v) is 33.9. The maximum atomic E-state index is 13.7. The molecule has 16 heteroatoms. The number of benzene rings is 2. The summed E-state index contributed by atoms with van der Waals surface area (Å²) >= 11 is 0. The fourth-order valence-electron chi connectivity index (χ4n) is 8.81. The number of hydrogen-bond acceptors (Lipinski definition) is 8. The third-order valence-corrected chi connectivity index (χ3v) is 11.9. The van der Waals surface area contributed by atoms with Crippen molar-refractivity contribution < 1.29 is 33.8 Å². The summed E-state index contributed by atoms with van der Waals surface area (Å²) in [5.74, 6) is 1.43. The first kappa shape index (κ1) is 39.5. The number of likely N-dealkylation sites (tertiary alicyclic amines) is 2. The number of aromatic nitrogens is 5. The average molecular weight is 806 g/mol. The van der Waals surface area contributed by atoms with Crippen molar-refractivity contribution in [2.24, 2.45) is 11.8 Å². The molecule has 310 valence electrons. The van der Waals surface area contributed by atoms with Crippen LogP contribution in [0.25, 0.3) is 44.7 Å². The molecule has 2 aromatic carbocycles. The first-order valence-electron chi connectivity index (χ1n) is 20.4. The molecule has 0 radical (unpaired) electrons. The van der Waals surface area contributed by atoms with Crippen LogP contribution in [-0.4, -0.2) is 102 Å². The topological polar surface area (TPSA) is 200 Å². The van der Waals surface area contributed by atoms with E-state index in [1.54, 1.807) is 11.1 Å². The van der Waals surface area contributed by atoms with Gasteiger partial charge in [0.15, 0.2) is 0 Å². The largest absolute Gasteiger partial charge is 0.491 e. The van der Waals surface area contributed by atoms with E-state index in [9.17, 15) is 24.3 Å². The smallest absolute Gasteiger partial charge is 0.407 e. The van der Waals surface area contributed by atoms with Gasteiger partial charge in [0, 0.05) is 40.7 Å². The molecule has 3 aliphatic heterocycles. The molecule has 3 aliphatic rings. The van der Waals surface area contributed by atoms with Crippen molar-refractivity contribution in [1.82, 2.24) is 44.9 Å². The number of rotatable bonds is 10. The number of methoxy groups -OCH3 is 1. The lowest BCUT2D eigenvalue weighted by atomic mass is 10.0. The van der Waals surface area contributed by atoms with E-state index in [-0.39, 0.29) is 35.7 Å². The Morgan fingerprint density at radius 1 is 0.797 bits per heavy atom. The number of aromatic amines is 2. The second-order valence-corrected chi connectivity index (χ2v) is 16.3. The van der Waals surface area contributed by atoms with E-state index in [2.05, 4.69) is 60.5 Å². The minimum atomic E-state index is -1.22. The summed E-state index contributed by atoms with van der Waals surface area (Å²) in [5, 5.41) is 15.5. The molecule has 2 fully saturated rings. The van der Waals surface area contributed by atoms with Gasteiger partial charge in [-0.3, -0.25) is 9.59 Å². The third kappa shape index (κ3) is 7.58. The third-order valence-electron chi connectivity index (χ3n) is 11.9. The van der Waals surface area contributed by atoms with Crippen molar-refractivity contribution in [3.63, 3.8) is 0 Å². The number of carbonyl (C=O) groups excluding carboxylic acids is 3. The lowest BCUT2D eigenvalue weighted by Crippen LogP contribution is -2.51. The molecule has 8 rings (SSSR count). The molecule has 4 amide bonds. The number of ether oxygens (including phenoxy) is 2. The standard InChI is InChI=1S/C43H51N9O7/c1-23(2)36(48-42(55)56)40(53)51-14-6-8-32(51)39-45-22-30(47-39)26-10-12-28-34-19-27-18-25(11-13-31(27)50(34)16-17-59-35(28)20-26)29-21-44-38(46-29)33-9-7-15-52(33)41(54)37(24(3)4)49-43(57)58-5/h10-13,18-24,32-33,36-37,48H,6-9,14-17H2,1-5H3,(H,44,46)(H,45,47)(H,49,57)(H,55,56)/t32-,33-,36-,37-/m0/s1. The Morgan fingerprint density at radius 2 is 1.37 bits per heavy atom. The number of alkyl carbamates (subject to hydrolysis) is 1. The summed E-state index contributed by atoms with van der Waals surface area (Å²) in [5.41, 5.74) is 6.62. The quantitative estimate of drug-likeness (QED) is 0.105. The van der Waals surface area contributed by atoms with Gasteiger partial charge in [-0.1, -0.05) is 39.8 Å². The SMILES string of the molecule is COC(=O)N[C@H](C(=O)N1CCC[C@H]1c1ncc(-c2ccc3c(c2)cc2n3CCOc3cc(-c4cnc([C@@H]5CCCN5C(=O)[C@@H](NC(=O)O)C(C)C)[nH]4)ccc3-2)[nH]1)C(C)C. The molecule has 0 spiro atoms. The lowest BCUT2D eigenvalue weighted by Gasteiger charge is -2.30. The van der Waals surface area contributed by atoms with Crippen molar-refractivity contribution in [3.8, 4) is 39.5 Å². The molecule has 59 heavy (non-hydrogen) atoms. The monoisotopic (exact) mass is 805 g/mol. The first-order valence-corrected chi connectivity index (χ1v) is 20.4. The van der Waals surface area contributed by atoms with Crippen LogP contribution in [0.2, 0.25) is 0 Å². The van der Waals surface area contributed by atoms with E-state index >= 15 is 0 Å². The van der Waals surface area contributed by atoms with Crippen LogP contribution in [0.1, 0.15) is 77.1 Å². The van der Waals surface area contributed by atoms with Crippen molar-refractivity contribution >= 4 is 34.9 Å². The summed E-state index contributed by atoms with van der Waals surface area (Å²) in [7, 11) is 1.29. The van der Waals surface area contributed by atoms with Gasteiger partial charge in [-0.05, 0) is 67.9 Å². The van der Waals surface area contributed by atoms with Gasteiger partial charge in [-0.15, -0.1) is 0 Å². The van der Waals surface area contributed by atoms with Gasteiger partial charge < -0.3 is 49.5 Å². The zero-order valence-electron chi connectivity index (χ0n) is 33.9. The van der Waals surface area contributed by atoms with Crippen LogP contribution in [0.15, 0.2) is 54.9 Å². The minimum absolute atomic E-state index is 0.117. The van der Waals surface area contributed by atoms with E-state index in [1.807, 2.05) is 50.9 Å². The van der Waals surface area contributed by atoms with Crippen molar-refractivity contribution in [2.75, 3.05) is 26.8 Å². The van der Waals surface area contributed by atoms with E-state index in [0.29, 0.717) is 37.9 Å². The molecule has 6 heterocycles. The highest BCUT2D eigenvalue weighted by molar-refractivity contribution is 5.92. The Bertz CT molecular complexity index is 2400. The number of amides is 4. The minimum Gasteiger partial charge on any atom is -0.491 e. The van der Waals surface area contributed by atoms with Crippen molar-refractivity contribution in [3.05, 3.63) is 66.5 Å². The van der Waals surface area contributed by atoms with Gasteiger partial charge in [0.2, 0.25) is 11.8 Å². The number of carbonyl (C=O) groups is 4. The lowest BCUT2D eigenvalue weighted by molar-refractivity contribution is -0.136. The van der Waals surface area contributed by atoms with Gasteiger partial charge in [-0.25, -0.2) is 19.6 Å². The van der Waals surface area contributed by atoms with Gasteiger partial charge in [0.05, 0.1) is 55.2 Å². The van der Waals surface area contributed by atoms with Gasteiger partial charge in [0.25, 0.3) is 0 Å². The van der Waals surface area contributed by atoms with Crippen LogP contribution in [-0.2, 0) is 20.9 Å². The number of fused-ring (bicyclic) bond motifs is 5. The normalized spacial score (nSPS) is 18.6. The maximum absolute atomic E-state index is 13.7. The van der Waals surface area contributed by atoms with E-state index in [0.717, 1.165) is 76.1 Å². The molecular weight excluding hydrogens is 755 g/mol. The van der Waals surface area contributed by atoms with Crippen molar-refractivity contribution in [1.29, 1.82) is 0 Å². The summed E-state index contributed by atoms with van der Waals surface area (Å²) in [4.78, 5) is 70.5.